The van der Waals surface area contributed by atoms with E-state index in [-0.39, 0.29) is 18.0 Å². The van der Waals surface area contributed by atoms with Crippen LogP contribution in [-0.2, 0) is 21.5 Å². The number of ether oxygens (including phenoxy) is 1. The molecule has 1 aromatic heterocycles. The molecule has 2 aromatic carbocycles. The molecule has 51 heavy (non-hydrogen) atoms. The average Bonchev–Trinajstić information content (AvgIpc) is 3.78. The van der Waals surface area contributed by atoms with Crippen LogP contribution in [-0.4, -0.2) is 116 Å². The summed E-state index contributed by atoms with van der Waals surface area (Å²) in [5.74, 6) is 0.758. The first-order valence-electron chi connectivity index (χ1n) is 18.9. The second-order valence-corrected chi connectivity index (χ2v) is 17.6. The van der Waals surface area contributed by atoms with Gasteiger partial charge in [0.15, 0.2) is 0 Å². The number of aromatic nitrogens is 1. The summed E-state index contributed by atoms with van der Waals surface area (Å²) in [6, 6.07) is 14.4. The second kappa shape index (κ2) is 13.5. The Morgan fingerprint density at radius 3 is 2.16 bits per heavy atom. The summed E-state index contributed by atoms with van der Waals surface area (Å²) < 4.78 is 38.2. The van der Waals surface area contributed by atoms with E-state index in [0.717, 1.165) is 79.5 Å². The lowest BCUT2D eigenvalue weighted by atomic mass is 9.81. The Bertz CT molecular complexity index is 1890. The normalized spacial score (nSPS) is 24.6. The van der Waals surface area contributed by atoms with Gasteiger partial charge in [0.05, 0.1) is 18.2 Å². The van der Waals surface area contributed by atoms with Gasteiger partial charge in [-0.25, -0.2) is 4.72 Å². The van der Waals surface area contributed by atoms with Crippen LogP contribution in [0.2, 0.25) is 0 Å². The lowest BCUT2D eigenvalue weighted by molar-refractivity contribution is -0.143. The fraction of sp³-hybridized carbons (Fsp3) is 0.590. The predicted octanol–water partition coefficient (Wildman–Crippen LogP) is 4.67. The minimum absolute atomic E-state index is 0.261. The fourth-order valence-electron chi connectivity index (χ4n) is 9.43. The monoisotopic (exact) mass is 716 g/mol. The molecule has 5 aliphatic rings. The summed E-state index contributed by atoms with van der Waals surface area (Å²) in [4.78, 5) is 35.1. The summed E-state index contributed by atoms with van der Waals surface area (Å²) in [6.07, 6.45) is 9.51. The number of hydrogen-bond acceptors (Lipinski definition) is 7. The molecule has 1 N–H and O–H groups in total. The first-order valence-corrected chi connectivity index (χ1v) is 20.3. The van der Waals surface area contributed by atoms with Crippen LogP contribution in [0.25, 0.3) is 22.2 Å². The highest BCUT2D eigenvalue weighted by molar-refractivity contribution is 7.87. The zero-order valence-electron chi connectivity index (χ0n) is 30.3. The molecule has 2 bridgehead atoms. The van der Waals surface area contributed by atoms with Crippen LogP contribution in [0, 0.1) is 5.41 Å². The maximum absolute atomic E-state index is 14.7. The standard InChI is InChI=1S/C39H52N6O5S/c1-41-19-21-43(22-20-41)51(48,49)40-37(46)29-11-16-33-34(23-29)44(26-39(17-18-39)38(47)45-30-12-13-31(45)25-42(2)24-30)36(28-9-14-32(50-3)15-10-28)35(33)27-7-5-4-6-8-27/h9-11,14-16,23,27,30-31H,4-8,12-13,17-22,24-26H2,1-3H3,(H,40,46). The predicted molar refractivity (Wildman–Crippen MR) is 198 cm³/mol. The van der Waals surface area contributed by atoms with Gasteiger partial charge in [-0.1, -0.05) is 25.3 Å². The molecule has 2 unspecified atom stereocenters. The molecule has 2 amide bonds. The number of nitrogens with one attached hydrogen (secondary N) is 1. The number of fused-ring (bicyclic) bond motifs is 3. The molecule has 3 aromatic rings. The lowest BCUT2D eigenvalue weighted by Gasteiger charge is -2.41. The number of piperazine rings is 2. The number of hydrogen-bond donors (Lipinski definition) is 1. The van der Waals surface area contributed by atoms with Crippen molar-refractivity contribution in [2.75, 3.05) is 60.5 Å². The Balaban J connectivity index is 1.22. The molecule has 0 spiro atoms. The molecule has 0 radical (unpaired) electrons. The Hall–Kier alpha value is -3.45. The minimum atomic E-state index is -4.00. The Morgan fingerprint density at radius 1 is 0.863 bits per heavy atom. The van der Waals surface area contributed by atoms with Crippen LogP contribution in [0.1, 0.15) is 79.6 Å². The lowest BCUT2D eigenvalue weighted by Crippen LogP contribution is -2.56. The molecule has 12 heteroatoms. The summed E-state index contributed by atoms with van der Waals surface area (Å²) >= 11 is 0. The van der Waals surface area contributed by atoms with Crippen molar-refractivity contribution in [3.8, 4) is 17.0 Å². The first-order chi connectivity index (χ1) is 24.6. The number of amides is 2. The zero-order chi connectivity index (χ0) is 35.5. The Labute approximate surface area is 302 Å². The molecule has 4 heterocycles. The van der Waals surface area contributed by atoms with Crippen molar-refractivity contribution in [2.45, 2.75) is 82.3 Å². The van der Waals surface area contributed by atoms with Gasteiger partial charge in [-0.2, -0.15) is 12.7 Å². The number of likely N-dealkylation sites (N-methyl/N-ethyl adjacent to an activating group) is 2. The molecule has 3 aliphatic heterocycles. The van der Waals surface area contributed by atoms with E-state index in [1.54, 1.807) is 13.2 Å². The van der Waals surface area contributed by atoms with Gasteiger partial charge in [-0.3, -0.25) is 9.59 Å². The van der Waals surface area contributed by atoms with E-state index in [2.05, 4.69) is 43.2 Å². The molecule has 11 nitrogen and oxygen atoms in total. The average molecular weight is 717 g/mol. The largest absolute Gasteiger partial charge is 0.497 e. The number of nitrogens with zero attached hydrogens (tertiary/aromatic N) is 5. The second-order valence-electron chi connectivity index (χ2n) is 15.9. The van der Waals surface area contributed by atoms with Gasteiger partial charge in [0.2, 0.25) is 5.91 Å². The summed E-state index contributed by atoms with van der Waals surface area (Å²) in [5, 5.41) is 1.08. The van der Waals surface area contributed by atoms with Gasteiger partial charge < -0.3 is 24.0 Å². The summed E-state index contributed by atoms with van der Waals surface area (Å²) in [6.45, 7) is 4.26. The minimum Gasteiger partial charge on any atom is -0.497 e. The molecule has 5 fully saturated rings. The smallest absolute Gasteiger partial charge is 0.304 e. The van der Waals surface area contributed by atoms with Crippen LogP contribution in [0.5, 0.6) is 5.75 Å². The van der Waals surface area contributed by atoms with Crippen molar-refractivity contribution in [1.82, 2.24) is 28.3 Å². The van der Waals surface area contributed by atoms with Gasteiger partial charge in [0.25, 0.3) is 5.91 Å². The summed E-state index contributed by atoms with van der Waals surface area (Å²) in [5.41, 5.74) is 4.10. The number of carbonyl (C=O) groups is 2. The highest BCUT2D eigenvalue weighted by Crippen LogP contribution is 2.53. The molecular formula is C39H52N6O5S. The fourth-order valence-corrected chi connectivity index (χ4v) is 10.6. The molecule has 2 aliphatic carbocycles. The van der Waals surface area contributed by atoms with Crippen LogP contribution < -0.4 is 9.46 Å². The van der Waals surface area contributed by atoms with Crippen molar-refractivity contribution in [1.29, 1.82) is 0 Å². The van der Waals surface area contributed by atoms with Crippen LogP contribution in [0.15, 0.2) is 42.5 Å². The van der Waals surface area contributed by atoms with Crippen molar-refractivity contribution in [2.24, 2.45) is 5.41 Å². The third-order valence-corrected chi connectivity index (χ3v) is 13.9. The molecule has 3 saturated heterocycles. The maximum atomic E-state index is 14.7. The van der Waals surface area contributed by atoms with E-state index < -0.39 is 21.5 Å². The van der Waals surface area contributed by atoms with Crippen LogP contribution >= 0.6 is 0 Å². The SMILES string of the molecule is COc1ccc(-c2c(C3CCCCC3)c3ccc(C(=O)NS(=O)(=O)N4CCN(C)CC4)cc3n2CC2(C(=O)N3C4CCC3CN(C)C4)CC2)cc1. The molecular weight excluding hydrogens is 665 g/mol. The molecule has 2 saturated carbocycles. The van der Waals surface area contributed by atoms with Gasteiger partial charge in [-0.05, 0) is 106 Å². The number of benzene rings is 2. The van der Waals surface area contributed by atoms with E-state index in [0.29, 0.717) is 44.2 Å². The molecule has 8 rings (SSSR count). The zero-order valence-corrected chi connectivity index (χ0v) is 31.1. The van der Waals surface area contributed by atoms with Crippen LogP contribution in [0.4, 0.5) is 0 Å². The first kappa shape index (κ1) is 34.6. The van der Waals surface area contributed by atoms with Crippen molar-refractivity contribution in [3.63, 3.8) is 0 Å². The Morgan fingerprint density at radius 2 is 1.53 bits per heavy atom. The third kappa shape index (κ3) is 6.46. The van der Waals surface area contributed by atoms with E-state index in [1.807, 2.05) is 31.3 Å². The van der Waals surface area contributed by atoms with E-state index in [9.17, 15) is 18.0 Å². The van der Waals surface area contributed by atoms with Gasteiger partial charge in [0.1, 0.15) is 5.75 Å². The van der Waals surface area contributed by atoms with Crippen LogP contribution in [0.3, 0.4) is 0 Å². The third-order valence-electron chi connectivity index (χ3n) is 12.4. The molecule has 274 valence electrons. The van der Waals surface area contributed by atoms with Gasteiger partial charge in [0, 0.05) is 74.4 Å². The van der Waals surface area contributed by atoms with E-state index in [1.165, 1.54) is 29.1 Å². The van der Waals surface area contributed by atoms with Crippen molar-refractivity contribution >= 4 is 32.9 Å². The molecule has 2 atom stereocenters. The Kier molecular flexibility index (Phi) is 9.17. The van der Waals surface area contributed by atoms with Crippen molar-refractivity contribution in [3.05, 3.63) is 53.6 Å². The number of carbonyl (C=O) groups excluding carboxylic acids is 2. The topological polar surface area (TPSA) is 107 Å². The quantitative estimate of drug-likeness (QED) is 0.343. The van der Waals surface area contributed by atoms with E-state index in [4.69, 9.17) is 4.74 Å². The van der Waals surface area contributed by atoms with E-state index >= 15 is 0 Å². The summed E-state index contributed by atoms with van der Waals surface area (Å²) in [7, 11) is 1.79. The number of methoxy groups -OCH3 is 1. The number of likely N-dealkylation sites (tertiary alicyclic amines) is 1. The highest BCUT2D eigenvalue weighted by Gasteiger charge is 2.56. The maximum Gasteiger partial charge on any atom is 0.304 e. The highest BCUT2D eigenvalue weighted by atomic mass is 32.2. The van der Waals surface area contributed by atoms with Crippen molar-refractivity contribution < 1.29 is 22.7 Å². The van der Waals surface area contributed by atoms with Gasteiger partial charge >= 0.3 is 10.2 Å². The van der Waals surface area contributed by atoms with Gasteiger partial charge in [-0.15, -0.1) is 0 Å². The number of rotatable bonds is 9.